The average Bonchev–Trinajstić information content (AvgIpc) is 3.02. The first kappa shape index (κ1) is 39.3. The molecule has 0 radical (unpaired) electrons. The van der Waals surface area contributed by atoms with E-state index >= 15 is 0 Å². The van der Waals surface area contributed by atoms with E-state index in [1.54, 1.807) is 30.0 Å². The van der Waals surface area contributed by atoms with Crippen LogP contribution in [-0.2, 0) is 22.3 Å². The van der Waals surface area contributed by atoms with E-state index in [0.29, 0.717) is 49.5 Å². The number of alkyl halides is 3. The van der Waals surface area contributed by atoms with E-state index in [-0.39, 0.29) is 43.1 Å². The summed E-state index contributed by atoms with van der Waals surface area (Å²) in [4.78, 5) is 32.6. The number of hydrogen-bond acceptors (Lipinski definition) is 7. The maximum atomic E-state index is 14.3. The lowest BCUT2D eigenvalue weighted by Gasteiger charge is -2.36. The van der Waals surface area contributed by atoms with E-state index in [1.807, 2.05) is 44.8 Å². The quantitative estimate of drug-likeness (QED) is 0.305. The number of benzene rings is 2. The maximum Gasteiger partial charge on any atom is 0.416 e. The van der Waals surface area contributed by atoms with Crippen LogP contribution >= 0.6 is 0 Å². The van der Waals surface area contributed by atoms with Gasteiger partial charge in [0.25, 0.3) is 5.91 Å². The van der Waals surface area contributed by atoms with E-state index in [0.717, 1.165) is 43.5 Å². The summed E-state index contributed by atoms with van der Waals surface area (Å²) in [5, 5.41) is 13.1. The third-order valence-electron chi connectivity index (χ3n) is 8.57. The molecule has 2 N–H and O–H groups in total. The average molecular weight is 679 g/mol. The normalized spacial score (nSPS) is 20.6. The first-order valence-electron chi connectivity index (χ1n) is 16.8. The molecular weight excluding hydrogens is 625 g/mol. The topological polar surface area (TPSA) is 94.6 Å². The summed E-state index contributed by atoms with van der Waals surface area (Å²) in [5.41, 5.74) is 0.853. The lowest BCUT2D eigenvalue weighted by molar-refractivity contribution is -0.137. The zero-order chi connectivity index (χ0) is 35.4. The molecule has 3 rings (SSSR count). The van der Waals surface area contributed by atoms with Crippen molar-refractivity contribution in [3.8, 4) is 5.75 Å². The number of carbonyl (C=O) groups is 2. The van der Waals surface area contributed by atoms with Gasteiger partial charge in [0.15, 0.2) is 0 Å². The van der Waals surface area contributed by atoms with Crippen LogP contribution in [-0.4, -0.2) is 104 Å². The van der Waals surface area contributed by atoms with Crippen LogP contribution < -0.4 is 10.1 Å². The summed E-state index contributed by atoms with van der Waals surface area (Å²) in [6, 6.07) is 9.75. The highest BCUT2D eigenvalue weighted by Crippen LogP contribution is 2.30. The van der Waals surface area contributed by atoms with Crippen molar-refractivity contribution in [3.05, 3.63) is 59.2 Å². The van der Waals surface area contributed by atoms with Crippen molar-refractivity contribution in [2.45, 2.75) is 83.8 Å². The van der Waals surface area contributed by atoms with Gasteiger partial charge in [0.1, 0.15) is 5.75 Å². The summed E-state index contributed by atoms with van der Waals surface area (Å²) in [7, 11) is 5.80. The fourth-order valence-electron chi connectivity index (χ4n) is 5.72. The Morgan fingerprint density at radius 1 is 1.10 bits per heavy atom. The molecule has 0 saturated heterocycles. The zero-order valence-corrected chi connectivity index (χ0v) is 29.2. The second kappa shape index (κ2) is 18.5. The van der Waals surface area contributed by atoms with E-state index in [4.69, 9.17) is 9.47 Å². The smallest absolute Gasteiger partial charge is 0.416 e. The number of carbonyl (C=O) groups excluding carboxylic acids is 2. The van der Waals surface area contributed by atoms with Crippen LogP contribution in [0.4, 0.5) is 18.9 Å². The van der Waals surface area contributed by atoms with E-state index in [9.17, 15) is 27.9 Å². The first-order valence-corrected chi connectivity index (χ1v) is 16.8. The number of nitrogens with one attached hydrogen (secondary N) is 1. The van der Waals surface area contributed by atoms with Crippen molar-refractivity contribution >= 4 is 17.5 Å². The number of aliphatic hydroxyl groups is 1. The molecule has 1 heterocycles. The molecule has 0 saturated carbocycles. The van der Waals surface area contributed by atoms with Gasteiger partial charge in [-0.05, 0) is 103 Å². The second-order valence-electron chi connectivity index (χ2n) is 13.4. The Bertz CT molecular complexity index is 1310. The number of rotatable bonds is 11. The number of aliphatic hydroxyl groups excluding tert-OH is 1. The largest absolute Gasteiger partial charge is 0.490 e. The number of likely N-dealkylation sites (N-methyl/N-ethyl adjacent to an activating group) is 1. The highest BCUT2D eigenvalue weighted by Gasteiger charge is 2.31. The lowest BCUT2D eigenvalue weighted by Crippen LogP contribution is -2.47. The third kappa shape index (κ3) is 12.4. The van der Waals surface area contributed by atoms with E-state index in [1.165, 1.54) is 12.1 Å². The third-order valence-corrected chi connectivity index (χ3v) is 8.57. The van der Waals surface area contributed by atoms with Gasteiger partial charge in [-0.25, -0.2) is 0 Å². The van der Waals surface area contributed by atoms with Crippen molar-refractivity contribution in [1.29, 1.82) is 0 Å². The van der Waals surface area contributed by atoms with Gasteiger partial charge in [-0.3, -0.25) is 14.5 Å². The van der Waals surface area contributed by atoms with Crippen molar-refractivity contribution in [2.75, 3.05) is 59.3 Å². The van der Waals surface area contributed by atoms with Crippen molar-refractivity contribution < 1.29 is 37.3 Å². The molecule has 0 spiro atoms. The van der Waals surface area contributed by atoms with Gasteiger partial charge in [-0.2, -0.15) is 13.2 Å². The van der Waals surface area contributed by atoms with E-state index < -0.39 is 17.8 Å². The van der Waals surface area contributed by atoms with Crippen LogP contribution in [0.25, 0.3) is 0 Å². The summed E-state index contributed by atoms with van der Waals surface area (Å²) in [6.45, 7) is 7.94. The summed E-state index contributed by atoms with van der Waals surface area (Å²) in [6.07, 6.45) is -1.43. The lowest BCUT2D eigenvalue weighted by atomic mass is 10.0. The molecule has 0 aromatic heterocycles. The van der Waals surface area contributed by atoms with Crippen LogP contribution in [0.1, 0.15) is 74.4 Å². The number of halogens is 3. The van der Waals surface area contributed by atoms with E-state index in [2.05, 4.69) is 5.32 Å². The molecule has 0 bridgehead atoms. The molecule has 48 heavy (non-hydrogen) atoms. The molecule has 2 amide bonds. The molecule has 1 aliphatic rings. The summed E-state index contributed by atoms with van der Waals surface area (Å²) in [5.74, 6) is -0.219. The fourth-order valence-corrected chi connectivity index (χ4v) is 5.72. The Kier molecular flexibility index (Phi) is 15.2. The predicted octanol–water partition coefficient (Wildman–Crippen LogP) is 5.91. The van der Waals surface area contributed by atoms with Crippen molar-refractivity contribution in [2.24, 2.45) is 5.92 Å². The molecule has 12 heteroatoms. The van der Waals surface area contributed by atoms with Crippen LogP contribution in [0.3, 0.4) is 0 Å². The van der Waals surface area contributed by atoms with Gasteiger partial charge in [0.2, 0.25) is 5.91 Å². The number of ether oxygens (including phenoxy) is 2. The van der Waals surface area contributed by atoms with Gasteiger partial charge in [-0.15, -0.1) is 0 Å². The molecule has 268 valence electrons. The van der Waals surface area contributed by atoms with Crippen LogP contribution in [0, 0.1) is 5.92 Å². The van der Waals surface area contributed by atoms with Crippen molar-refractivity contribution in [3.63, 3.8) is 0 Å². The Morgan fingerprint density at radius 3 is 2.46 bits per heavy atom. The number of anilines is 1. The summed E-state index contributed by atoms with van der Waals surface area (Å²) >= 11 is 0. The Labute approximate surface area is 283 Å². The van der Waals surface area contributed by atoms with Crippen LogP contribution in [0.5, 0.6) is 5.75 Å². The monoisotopic (exact) mass is 678 g/mol. The molecule has 2 aromatic rings. The van der Waals surface area contributed by atoms with Gasteiger partial charge in [-0.1, -0.05) is 19.1 Å². The second-order valence-corrected chi connectivity index (χ2v) is 13.4. The molecule has 0 aliphatic carbocycles. The van der Waals surface area contributed by atoms with Gasteiger partial charge in [0.05, 0.1) is 36.0 Å². The Hall–Kier alpha value is -3.19. The SMILES string of the molecule is C[C@@H]1CCCCO[C@@H](CN(C)Cc2ccc(C(F)(F)F)cc2)[C@@H](C)CN([C@@H](C)CO)C(=O)c2cc(NC(=O)CCCN(C)C)ccc2O1. The number of hydrogen-bond donors (Lipinski definition) is 2. The number of nitrogens with zero attached hydrogens (tertiary/aromatic N) is 3. The molecule has 1 aliphatic heterocycles. The molecule has 0 unspecified atom stereocenters. The number of fused-ring (bicyclic) bond motifs is 1. The van der Waals surface area contributed by atoms with Gasteiger partial charge in [0, 0.05) is 44.3 Å². The van der Waals surface area contributed by atoms with Gasteiger partial charge < -0.3 is 29.7 Å². The highest BCUT2D eigenvalue weighted by molar-refractivity contribution is 5.99. The van der Waals surface area contributed by atoms with Gasteiger partial charge >= 0.3 is 6.18 Å². The van der Waals surface area contributed by atoms with Crippen molar-refractivity contribution in [1.82, 2.24) is 14.7 Å². The minimum atomic E-state index is -4.39. The Morgan fingerprint density at radius 2 is 1.81 bits per heavy atom. The molecule has 4 atom stereocenters. The molecular formula is C36H53F3N4O5. The van der Waals surface area contributed by atoms with Crippen LogP contribution in [0.2, 0.25) is 0 Å². The first-order chi connectivity index (χ1) is 22.7. The minimum absolute atomic E-state index is 0.144. The highest BCUT2D eigenvalue weighted by atomic mass is 19.4. The van der Waals surface area contributed by atoms with Crippen LogP contribution in [0.15, 0.2) is 42.5 Å². The standard InChI is InChI=1S/C36H53F3N4O5/c1-25-21-43(26(2)24-44)35(46)31-20-30(40-34(45)11-9-18-41(4)5)16-17-32(31)48-27(3)10-7-8-19-47-33(25)23-42(6)22-28-12-14-29(15-13-28)36(37,38)39/h12-17,20,25-27,33,44H,7-11,18-19,21-24H2,1-6H3,(H,40,45)/t25-,26-,27+,33-/m0/s1. The molecule has 0 fully saturated rings. The molecule has 2 aromatic carbocycles. The predicted molar refractivity (Wildman–Crippen MR) is 181 cm³/mol. The fraction of sp³-hybridized carbons (Fsp3) is 0.611. The zero-order valence-electron chi connectivity index (χ0n) is 29.2. The number of amides is 2. The maximum absolute atomic E-state index is 14.3. The Balaban J connectivity index is 1.85. The summed E-state index contributed by atoms with van der Waals surface area (Å²) < 4.78 is 51.8. The minimum Gasteiger partial charge on any atom is -0.490 e. The molecule has 9 nitrogen and oxygen atoms in total.